The van der Waals surface area contributed by atoms with Gasteiger partial charge in [-0.1, -0.05) is 0 Å². The first-order valence-corrected chi connectivity index (χ1v) is 4.87. The summed E-state index contributed by atoms with van der Waals surface area (Å²) >= 11 is 1.41. The summed E-state index contributed by atoms with van der Waals surface area (Å²) in [6.45, 7) is 1.51. The zero-order valence-corrected chi connectivity index (χ0v) is 8.76. The third kappa shape index (κ3) is 2.81. The fourth-order valence-corrected chi connectivity index (χ4v) is 1.68. The Hall–Kier alpha value is -1.42. The number of ether oxygens (including phenoxy) is 1. The third-order valence-corrected chi connectivity index (χ3v) is 2.51. The van der Waals surface area contributed by atoms with Crippen molar-refractivity contribution >= 4 is 29.2 Å². The van der Waals surface area contributed by atoms with Gasteiger partial charge in [-0.05, 0) is 19.1 Å². The van der Waals surface area contributed by atoms with Crippen LogP contribution in [0.1, 0.15) is 22.2 Å². The number of esters is 1. The molecule has 4 heteroatoms. The monoisotopic (exact) mass is 210 g/mol. The molecule has 0 amide bonds. The lowest BCUT2D eigenvalue weighted by Gasteiger charge is -1.87. The van der Waals surface area contributed by atoms with Crippen LogP contribution < -0.4 is 0 Å². The van der Waals surface area contributed by atoms with E-state index in [1.165, 1.54) is 31.4 Å². The highest BCUT2D eigenvalue weighted by Crippen LogP contribution is 2.16. The number of hydrogen-bond donors (Lipinski definition) is 0. The van der Waals surface area contributed by atoms with Crippen molar-refractivity contribution in [1.29, 1.82) is 0 Å². The van der Waals surface area contributed by atoms with Gasteiger partial charge in [-0.2, -0.15) is 0 Å². The lowest BCUT2D eigenvalue weighted by molar-refractivity contribution is -0.134. The summed E-state index contributed by atoms with van der Waals surface area (Å²) in [7, 11) is 1.32. The van der Waals surface area contributed by atoms with Crippen LogP contribution in [0.5, 0.6) is 0 Å². The molecule has 0 saturated carbocycles. The minimum atomic E-state index is -0.400. The average molecular weight is 210 g/mol. The highest BCUT2D eigenvalue weighted by atomic mass is 32.1. The molecule has 0 aromatic carbocycles. The van der Waals surface area contributed by atoms with Crippen molar-refractivity contribution in [3.63, 3.8) is 0 Å². The second kappa shape index (κ2) is 4.72. The van der Waals surface area contributed by atoms with Gasteiger partial charge in [-0.15, -0.1) is 11.3 Å². The van der Waals surface area contributed by atoms with Gasteiger partial charge in [0.2, 0.25) is 0 Å². The molecule has 0 aliphatic heterocycles. The van der Waals surface area contributed by atoms with E-state index in [2.05, 4.69) is 4.74 Å². The zero-order valence-electron chi connectivity index (χ0n) is 7.94. The Bertz CT molecular complexity index is 376. The van der Waals surface area contributed by atoms with Crippen LogP contribution in [0.15, 0.2) is 17.5 Å². The molecular formula is C10H10O3S. The number of carbonyl (C=O) groups excluding carboxylic acids is 2. The van der Waals surface area contributed by atoms with Gasteiger partial charge in [0.05, 0.1) is 7.11 Å². The van der Waals surface area contributed by atoms with Gasteiger partial charge >= 0.3 is 5.97 Å². The second-order valence-electron chi connectivity index (χ2n) is 2.65. The van der Waals surface area contributed by atoms with Gasteiger partial charge in [-0.3, -0.25) is 4.79 Å². The quantitative estimate of drug-likeness (QED) is 0.436. The lowest BCUT2D eigenvalue weighted by atomic mass is 10.2. The number of hydrogen-bond acceptors (Lipinski definition) is 4. The molecule has 0 unspecified atom stereocenters. The van der Waals surface area contributed by atoms with Crippen molar-refractivity contribution in [2.45, 2.75) is 6.92 Å². The molecule has 3 nitrogen and oxygen atoms in total. The van der Waals surface area contributed by atoms with Crippen molar-refractivity contribution < 1.29 is 14.3 Å². The highest BCUT2D eigenvalue weighted by Gasteiger charge is 2.01. The minimum absolute atomic E-state index is 0.0268. The largest absolute Gasteiger partial charge is 0.466 e. The van der Waals surface area contributed by atoms with Crippen LogP contribution in [-0.2, 0) is 9.53 Å². The van der Waals surface area contributed by atoms with E-state index < -0.39 is 5.97 Å². The topological polar surface area (TPSA) is 43.4 Å². The summed E-state index contributed by atoms with van der Waals surface area (Å²) < 4.78 is 4.44. The van der Waals surface area contributed by atoms with E-state index in [1.807, 2.05) is 0 Å². The number of Topliss-reactive ketones (excluding diaryl/α,β-unsaturated/α-hetero) is 1. The van der Waals surface area contributed by atoms with Crippen LogP contribution in [0.3, 0.4) is 0 Å². The molecule has 1 rings (SSSR count). The molecule has 0 fully saturated rings. The van der Waals surface area contributed by atoms with Crippen molar-refractivity contribution in [2.75, 3.05) is 7.11 Å². The number of methoxy groups -OCH3 is 1. The Morgan fingerprint density at radius 1 is 1.50 bits per heavy atom. The average Bonchev–Trinajstić information content (AvgIpc) is 2.62. The molecule has 0 N–H and O–H groups in total. The summed E-state index contributed by atoms with van der Waals surface area (Å²) in [5, 5.41) is 1.76. The first-order valence-electron chi connectivity index (χ1n) is 3.99. The van der Waals surface area contributed by atoms with E-state index in [0.29, 0.717) is 5.56 Å². The standard InChI is InChI=1S/C10H10O3S/c1-7(11)8-5-9(14-6-8)3-4-10(12)13-2/h3-6H,1-2H3/b4-3+. The van der Waals surface area contributed by atoms with Crippen LogP contribution >= 0.6 is 11.3 Å². The van der Waals surface area contributed by atoms with Crippen molar-refractivity contribution in [2.24, 2.45) is 0 Å². The van der Waals surface area contributed by atoms with Crippen molar-refractivity contribution in [3.8, 4) is 0 Å². The van der Waals surface area contributed by atoms with Crippen LogP contribution in [0, 0.1) is 0 Å². The Kier molecular flexibility index (Phi) is 3.59. The van der Waals surface area contributed by atoms with Gasteiger partial charge in [0.15, 0.2) is 5.78 Å². The highest BCUT2D eigenvalue weighted by molar-refractivity contribution is 7.11. The molecule has 0 bridgehead atoms. The maximum Gasteiger partial charge on any atom is 0.330 e. The lowest BCUT2D eigenvalue weighted by Crippen LogP contribution is -1.92. The molecule has 1 heterocycles. The molecule has 1 aromatic rings. The molecule has 74 valence electrons. The normalized spacial score (nSPS) is 10.4. The van der Waals surface area contributed by atoms with Gasteiger partial charge in [0, 0.05) is 21.9 Å². The van der Waals surface area contributed by atoms with Gasteiger partial charge < -0.3 is 4.74 Å². The van der Waals surface area contributed by atoms with Gasteiger partial charge in [0.1, 0.15) is 0 Å². The van der Waals surface area contributed by atoms with Crippen LogP contribution in [0.4, 0.5) is 0 Å². The van der Waals surface area contributed by atoms with E-state index in [4.69, 9.17) is 0 Å². The van der Waals surface area contributed by atoms with Crippen molar-refractivity contribution in [1.82, 2.24) is 0 Å². The number of carbonyl (C=O) groups is 2. The predicted molar refractivity (Wildman–Crippen MR) is 55.4 cm³/mol. The maximum atomic E-state index is 10.9. The zero-order chi connectivity index (χ0) is 10.6. The Morgan fingerprint density at radius 2 is 2.21 bits per heavy atom. The fraction of sp³-hybridized carbons (Fsp3) is 0.200. The third-order valence-electron chi connectivity index (χ3n) is 1.61. The van der Waals surface area contributed by atoms with E-state index in [-0.39, 0.29) is 5.78 Å². The number of rotatable bonds is 3. The summed E-state index contributed by atoms with van der Waals surface area (Å²) in [5.41, 5.74) is 0.666. The molecule has 0 spiro atoms. The SMILES string of the molecule is COC(=O)/C=C/c1cc(C(C)=O)cs1. The van der Waals surface area contributed by atoms with E-state index >= 15 is 0 Å². The summed E-state index contributed by atoms with van der Waals surface area (Å²) in [5.74, 6) is -0.373. The molecule has 0 atom stereocenters. The first kappa shape index (κ1) is 10.7. The van der Waals surface area contributed by atoms with E-state index in [0.717, 1.165) is 4.88 Å². The summed E-state index contributed by atoms with van der Waals surface area (Å²) in [6.07, 6.45) is 2.96. The Balaban J connectivity index is 2.73. The maximum absolute atomic E-state index is 10.9. The molecular weight excluding hydrogens is 200 g/mol. The molecule has 0 saturated heterocycles. The van der Waals surface area contributed by atoms with Crippen LogP contribution in [0.2, 0.25) is 0 Å². The van der Waals surface area contributed by atoms with Crippen LogP contribution in [-0.4, -0.2) is 18.9 Å². The van der Waals surface area contributed by atoms with E-state index in [1.54, 1.807) is 17.5 Å². The molecule has 1 aromatic heterocycles. The fourth-order valence-electron chi connectivity index (χ4n) is 0.843. The van der Waals surface area contributed by atoms with Crippen LogP contribution in [0.25, 0.3) is 6.08 Å². The van der Waals surface area contributed by atoms with Gasteiger partial charge in [-0.25, -0.2) is 4.79 Å². The molecule has 0 radical (unpaired) electrons. The predicted octanol–water partition coefficient (Wildman–Crippen LogP) is 2.14. The number of thiophene rings is 1. The Labute approximate surface area is 86.0 Å². The van der Waals surface area contributed by atoms with E-state index in [9.17, 15) is 9.59 Å². The second-order valence-corrected chi connectivity index (χ2v) is 3.59. The summed E-state index contributed by atoms with van der Waals surface area (Å²) in [4.78, 5) is 22.6. The first-order chi connectivity index (χ1) is 6.63. The molecule has 0 aliphatic rings. The summed E-state index contributed by atoms with van der Waals surface area (Å²) in [6, 6.07) is 1.74. The molecule has 0 aliphatic carbocycles. The van der Waals surface area contributed by atoms with Gasteiger partial charge in [0.25, 0.3) is 0 Å². The Morgan fingerprint density at radius 3 is 2.71 bits per heavy atom. The number of ketones is 1. The molecule has 14 heavy (non-hydrogen) atoms. The smallest absolute Gasteiger partial charge is 0.330 e. The van der Waals surface area contributed by atoms with Crippen molar-refractivity contribution in [3.05, 3.63) is 28.0 Å². The minimum Gasteiger partial charge on any atom is -0.466 e.